The minimum Gasteiger partial charge on any atom is -0.493 e. The number of anilines is 1. The van der Waals surface area contributed by atoms with Crippen molar-refractivity contribution in [3.05, 3.63) is 53.1 Å². The predicted molar refractivity (Wildman–Crippen MR) is 83.3 cm³/mol. The molecule has 0 heterocycles. The summed E-state index contributed by atoms with van der Waals surface area (Å²) in [6.45, 7) is 0. The van der Waals surface area contributed by atoms with Crippen molar-refractivity contribution in [2.75, 3.05) is 19.5 Å². The maximum atomic E-state index is 12.0. The number of hydrogen-bond donors (Lipinski definition) is 1. The van der Waals surface area contributed by atoms with Crippen LogP contribution in [0.25, 0.3) is 0 Å². The lowest BCUT2D eigenvalue weighted by Crippen LogP contribution is -2.14. The molecule has 0 aliphatic carbocycles. The molecule has 0 spiro atoms. The molecule has 0 atom stereocenters. The summed E-state index contributed by atoms with van der Waals surface area (Å²) in [6, 6.07) is 12.5. The first-order valence-electron chi connectivity index (χ1n) is 6.39. The zero-order valence-electron chi connectivity index (χ0n) is 11.9. The van der Waals surface area contributed by atoms with Gasteiger partial charge in [0, 0.05) is 16.8 Å². The quantitative estimate of drug-likeness (QED) is 0.919. The summed E-state index contributed by atoms with van der Waals surface area (Å²) in [4.78, 5) is 12.0. The number of carbonyl (C=O) groups excluding carboxylic acids is 1. The Morgan fingerprint density at radius 2 is 1.81 bits per heavy atom. The molecule has 1 amide bonds. The van der Waals surface area contributed by atoms with Crippen LogP contribution in [-0.4, -0.2) is 20.1 Å². The fourth-order valence-electron chi connectivity index (χ4n) is 1.93. The summed E-state index contributed by atoms with van der Waals surface area (Å²) < 4.78 is 10.4. The fourth-order valence-corrected chi connectivity index (χ4v) is 2.14. The Balaban J connectivity index is 2.08. The molecule has 110 valence electrons. The van der Waals surface area contributed by atoms with Crippen LogP contribution in [0.4, 0.5) is 5.69 Å². The number of methoxy groups -OCH3 is 2. The highest BCUT2D eigenvalue weighted by Crippen LogP contribution is 2.29. The first-order chi connectivity index (χ1) is 10.1. The van der Waals surface area contributed by atoms with E-state index >= 15 is 0 Å². The molecule has 2 rings (SSSR count). The van der Waals surface area contributed by atoms with Crippen LogP contribution in [0.15, 0.2) is 42.5 Å². The van der Waals surface area contributed by atoms with Gasteiger partial charge in [-0.2, -0.15) is 0 Å². The van der Waals surface area contributed by atoms with Gasteiger partial charge in [-0.3, -0.25) is 4.79 Å². The number of ether oxygens (including phenoxy) is 2. The molecule has 4 nitrogen and oxygen atoms in total. The van der Waals surface area contributed by atoms with E-state index in [4.69, 9.17) is 21.1 Å². The maximum Gasteiger partial charge on any atom is 0.228 e. The van der Waals surface area contributed by atoms with E-state index in [0.717, 1.165) is 5.56 Å². The van der Waals surface area contributed by atoms with Gasteiger partial charge in [0.05, 0.1) is 20.6 Å². The minimum atomic E-state index is -0.143. The van der Waals surface area contributed by atoms with Crippen molar-refractivity contribution >= 4 is 23.2 Å². The van der Waals surface area contributed by atoms with Crippen LogP contribution in [0.1, 0.15) is 5.56 Å². The molecule has 21 heavy (non-hydrogen) atoms. The third-order valence-electron chi connectivity index (χ3n) is 2.98. The normalized spacial score (nSPS) is 10.0. The molecule has 0 aliphatic heterocycles. The van der Waals surface area contributed by atoms with Gasteiger partial charge >= 0.3 is 0 Å². The predicted octanol–water partition coefficient (Wildman–Crippen LogP) is 3.54. The van der Waals surface area contributed by atoms with Crippen molar-refractivity contribution in [2.45, 2.75) is 6.42 Å². The summed E-state index contributed by atoms with van der Waals surface area (Å²) in [6.07, 6.45) is 0.216. The smallest absolute Gasteiger partial charge is 0.228 e. The maximum absolute atomic E-state index is 12.0. The van der Waals surface area contributed by atoms with E-state index < -0.39 is 0 Å². The zero-order valence-corrected chi connectivity index (χ0v) is 12.6. The van der Waals surface area contributed by atoms with Gasteiger partial charge in [-0.15, -0.1) is 0 Å². The zero-order chi connectivity index (χ0) is 15.2. The number of benzene rings is 2. The largest absolute Gasteiger partial charge is 0.493 e. The Hall–Kier alpha value is -2.20. The van der Waals surface area contributed by atoms with E-state index in [2.05, 4.69) is 5.32 Å². The summed E-state index contributed by atoms with van der Waals surface area (Å²) in [5.41, 5.74) is 1.43. The van der Waals surface area contributed by atoms with E-state index in [0.29, 0.717) is 22.2 Å². The molecule has 0 saturated carbocycles. The number of hydrogen-bond acceptors (Lipinski definition) is 3. The summed E-state index contributed by atoms with van der Waals surface area (Å²) in [5, 5.41) is 3.39. The summed E-state index contributed by atoms with van der Waals surface area (Å²) in [7, 11) is 3.11. The SMILES string of the molecule is COc1ccc(NC(=O)Cc2ccccc2Cl)cc1OC. The van der Waals surface area contributed by atoms with Gasteiger partial charge in [-0.25, -0.2) is 0 Å². The van der Waals surface area contributed by atoms with Crippen molar-refractivity contribution < 1.29 is 14.3 Å². The van der Waals surface area contributed by atoms with Gasteiger partial charge in [0.2, 0.25) is 5.91 Å². The second kappa shape index (κ2) is 6.99. The number of amides is 1. The molecule has 5 heteroatoms. The highest BCUT2D eigenvalue weighted by Gasteiger charge is 2.09. The molecule has 0 fully saturated rings. The van der Waals surface area contributed by atoms with Gasteiger partial charge in [-0.1, -0.05) is 29.8 Å². The van der Waals surface area contributed by atoms with E-state index in [-0.39, 0.29) is 12.3 Å². The third-order valence-corrected chi connectivity index (χ3v) is 3.34. The topological polar surface area (TPSA) is 47.6 Å². The molecule has 0 radical (unpaired) electrons. The lowest BCUT2D eigenvalue weighted by molar-refractivity contribution is -0.115. The molecule has 0 saturated heterocycles. The van der Waals surface area contributed by atoms with Gasteiger partial charge < -0.3 is 14.8 Å². The molecule has 0 aliphatic rings. The van der Waals surface area contributed by atoms with Crippen LogP contribution in [0.2, 0.25) is 5.02 Å². The lowest BCUT2D eigenvalue weighted by Gasteiger charge is -2.11. The van der Waals surface area contributed by atoms with Crippen molar-refractivity contribution in [1.29, 1.82) is 0 Å². The molecule has 0 unspecified atom stereocenters. The second-order valence-corrected chi connectivity index (χ2v) is 4.79. The van der Waals surface area contributed by atoms with Gasteiger partial charge in [0.15, 0.2) is 11.5 Å². The average molecular weight is 306 g/mol. The van der Waals surface area contributed by atoms with Crippen LogP contribution in [0.5, 0.6) is 11.5 Å². The van der Waals surface area contributed by atoms with Crippen molar-refractivity contribution in [3.63, 3.8) is 0 Å². The average Bonchev–Trinajstić information content (AvgIpc) is 2.49. The van der Waals surface area contributed by atoms with Gasteiger partial charge in [0.1, 0.15) is 0 Å². The Morgan fingerprint density at radius 3 is 2.48 bits per heavy atom. The van der Waals surface area contributed by atoms with Crippen molar-refractivity contribution in [1.82, 2.24) is 0 Å². The van der Waals surface area contributed by atoms with Gasteiger partial charge in [-0.05, 0) is 23.8 Å². The number of halogens is 1. The van der Waals surface area contributed by atoms with E-state index in [1.54, 1.807) is 38.5 Å². The molecule has 2 aromatic carbocycles. The minimum absolute atomic E-state index is 0.143. The molecule has 0 aromatic heterocycles. The number of rotatable bonds is 5. The van der Waals surface area contributed by atoms with Crippen LogP contribution in [0.3, 0.4) is 0 Å². The first kappa shape index (κ1) is 15.2. The van der Waals surface area contributed by atoms with Crippen molar-refractivity contribution in [2.24, 2.45) is 0 Å². The van der Waals surface area contributed by atoms with Crippen LogP contribution in [-0.2, 0) is 11.2 Å². The van der Waals surface area contributed by atoms with E-state index in [1.807, 2.05) is 18.2 Å². The van der Waals surface area contributed by atoms with Gasteiger partial charge in [0.25, 0.3) is 0 Å². The standard InChI is InChI=1S/C16H16ClNO3/c1-20-14-8-7-12(10-15(14)21-2)18-16(19)9-11-5-3-4-6-13(11)17/h3-8,10H,9H2,1-2H3,(H,18,19). The number of carbonyl (C=O) groups is 1. The fraction of sp³-hybridized carbons (Fsp3) is 0.188. The highest BCUT2D eigenvalue weighted by atomic mass is 35.5. The second-order valence-electron chi connectivity index (χ2n) is 4.39. The Labute approximate surface area is 128 Å². The molecular formula is C16H16ClNO3. The Morgan fingerprint density at radius 1 is 1.10 bits per heavy atom. The van der Waals surface area contributed by atoms with Crippen LogP contribution < -0.4 is 14.8 Å². The number of nitrogens with one attached hydrogen (secondary N) is 1. The highest BCUT2D eigenvalue weighted by molar-refractivity contribution is 6.31. The molecule has 1 N–H and O–H groups in total. The Bertz CT molecular complexity index is 643. The third kappa shape index (κ3) is 3.89. The summed E-state index contributed by atoms with van der Waals surface area (Å²) >= 11 is 6.04. The van der Waals surface area contributed by atoms with Crippen LogP contribution in [0, 0.1) is 0 Å². The van der Waals surface area contributed by atoms with E-state index in [1.165, 1.54) is 0 Å². The monoisotopic (exact) mass is 305 g/mol. The Kier molecular flexibility index (Phi) is 5.06. The lowest BCUT2D eigenvalue weighted by atomic mass is 10.1. The first-order valence-corrected chi connectivity index (χ1v) is 6.77. The molecule has 0 bridgehead atoms. The van der Waals surface area contributed by atoms with Crippen molar-refractivity contribution in [3.8, 4) is 11.5 Å². The van der Waals surface area contributed by atoms with Crippen LogP contribution >= 0.6 is 11.6 Å². The van der Waals surface area contributed by atoms with E-state index in [9.17, 15) is 4.79 Å². The molecule has 2 aromatic rings. The molecular weight excluding hydrogens is 290 g/mol. The summed E-state index contributed by atoms with van der Waals surface area (Å²) in [5.74, 6) is 1.03.